The summed E-state index contributed by atoms with van der Waals surface area (Å²) in [5.41, 5.74) is 2.10. The van der Waals surface area contributed by atoms with E-state index in [0.29, 0.717) is 18.0 Å². The lowest BCUT2D eigenvalue weighted by molar-refractivity contribution is -0.148. The van der Waals surface area contributed by atoms with Gasteiger partial charge in [0.05, 0.1) is 11.2 Å². The molecule has 1 amide bonds. The van der Waals surface area contributed by atoms with Crippen LogP contribution in [0.4, 0.5) is 0 Å². The van der Waals surface area contributed by atoms with Crippen LogP contribution < -0.4 is 4.74 Å². The minimum atomic E-state index is -0.651. The van der Waals surface area contributed by atoms with Crippen molar-refractivity contribution in [2.75, 3.05) is 0 Å². The monoisotopic (exact) mass is 330 g/mol. The Bertz CT molecular complexity index is 763. The molecule has 0 spiro atoms. The molecule has 0 saturated carbocycles. The van der Waals surface area contributed by atoms with Gasteiger partial charge in [-0.3, -0.25) is 9.78 Å². The zero-order valence-electron chi connectivity index (χ0n) is 12.5. The number of hydrogen-bond acceptors (Lipinski definition) is 4. The maximum atomic E-state index is 12.5. The topological polar surface area (TPSA) is 59.5 Å². The average molecular weight is 331 g/mol. The van der Waals surface area contributed by atoms with Gasteiger partial charge < -0.3 is 9.64 Å². The summed E-state index contributed by atoms with van der Waals surface area (Å²) in [6, 6.07) is 8.64. The second-order valence-corrected chi connectivity index (χ2v) is 5.83. The molecule has 1 aromatic heterocycles. The third-order valence-corrected chi connectivity index (χ3v) is 4.03. The molecule has 0 unspecified atom stereocenters. The molecule has 2 heterocycles. The number of fused-ring (bicyclic) bond motifs is 1. The van der Waals surface area contributed by atoms with E-state index in [9.17, 15) is 9.59 Å². The highest BCUT2D eigenvalue weighted by molar-refractivity contribution is 6.30. The molecule has 6 heteroatoms. The van der Waals surface area contributed by atoms with E-state index in [0.717, 1.165) is 11.1 Å². The Labute approximate surface area is 138 Å². The number of esters is 1. The van der Waals surface area contributed by atoms with Crippen LogP contribution in [0, 0.1) is 0 Å². The van der Waals surface area contributed by atoms with E-state index in [1.807, 2.05) is 24.3 Å². The van der Waals surface area contributed by atoms with Crippen LogP contribution in [0.5, 0.6) is 5.75 Å². The van der Waals surface area contributed by atoms with Crippen LogP contribution in [0.15, 0.2) is 42.7 Å². The number of pyridine rings is 1. The summed E-state index contributed by atoms with van der Waals surface area (Å²) in [6.07, 6.45) is 3.30. The molecule has 0 bridgehead atoms. The van der Waals surface area contributed by atoms with Crippen LogP contribution in [0.1, 0.15) is 18.1 Å². The molecular weight excluding hydrogens is 316 g/mol. The van der Waals surface area contributed by atoms with Crippen molar-refractivity contribution in [2.45, 2.75) is 25.9 Å². The van der Waals surface area contributed by atoms with Gasteiger partial charge in [0.1, 0.15) is 6.04 Å². The largest absolute Gasteiger partial charge is 0.423 e. The molecule has 2 aromatic rings. The Morgan fingerprint density at radius 1 is 1.26 bits per heavy atom. The van der Waals surface area contributed by atoms with Gasteiger partial charge >= 0.3 is 5.97 Å². The molecule has 118 valence electrons. The van der Waals surface area contributed by atoms with Gasteiger partial charge in [-0.1, -0.05) is 35.9 Å². The number of benzene rings is 1. The number of ether oxygens (including phenoxy) is 1. The third kappa shape index (κ3) is 3.35. The Kier molecular flexibility index (Phi) is 4.30. The lowest BCUT2D eigenvalue weighted by Gasteiger charge is -2.34. The van der Waals surface area contributed by atoms with Gasteiger partial charge in [-0.15, -0.1) is 0 Å². The molecule has 0 radical (unpaired) electrons. The van der Waals surface area contributed by atoms with Gasteiger partial charge in [-0.25, -0.2) is 4.79 Å². The number of amides is 1. The summed E-state index contributed by atoms with van der Waals surface area (Å²) in [4.78, 5) is 29.8. The molecule has 0 fully saturated rings. The molecule has 0 N–H and O–H groups in total. The zero-order valence-corrected chi connectivity index (χ0v) is 13.3. The van der Waals surface area contributed by atoms with E-state index in [1.165, 1.54) is 30.3 Å². The minimum Gasteiger partial charge on any atom is -0.423 e. The highest BCUT2D eigenvalue weighted by atomic mass is 35.5. The van der Waals surface area contributed by atoms with Crippen LogP contribution in [-0.4, -0.2) is 27.8 Å². The number of halogens is 1. The van der Waals surface area contributed by atoms with Crippen LogP contribution in [0.25, 0.3) is 0 Å². The first kappa shape index (κ1) is 15.5. The first-order chi connectivity index (χ1) is 11.0. The van der Waals surface area contributed by atoms with E-state index < -0.39 is 12.0 Å². The number of carbonyl (C=O) groups excluding carboxylic acids is 2. The molecule has 1 aliphatic rings. The predicted octanol–water partition coefficient (Wildman–Crippen LogP) is 2.61. The van der Waals surface area contributed by atoms with Crippen molar-refractivity contribution in [1.29, 1.82) is 0 Å². The number of aromatic nitrogens is 1. The smallest absolute Gasteiger partial charge is 0.334 e. The molecule has 1 aliphatic heterocycles. The van der Waals surface area contributed by atoms with Gasteiger partial charge in [0, 0.05) is 32.2 Å². The normalized spacial score (nSPS) is 16.6. The summed E-state index contributed by atoms with van der Waals surface area (Å²) in [5, 5.41) is 0.382. The quantitative estimate of drug-likeness (QED) is 0.794. The fraction of sp³-hybridized carbons (Fsp3) is 0.235. The van der Waals surface area contributed by atoms with Gasteiger partial charge in [-0.05, 0) is 11.1 Å². The molecule has 0 aliphatic carbocycles. The Balaban J connectivity index is 1.84. The maximum absolute atomic E-state index is 12.5. The van der Waals surface area contributed by atoms with Crippen LogP contribution >= 0.6 is 11.6 Å². The fourth-order valence-corrected chi connectivity index (χ4v) is 2.86. The molecule has 3 rings (SSSR count). The van der Waals surface area contributed by atoms with E-state index in [-0.39, 0.29) is 11.7 Å². The zero-order chi connectivity index (χ0) is 16.4. The van der Waals surface area contributed by atoms with Crippen LogP contribution in [-0.2, 0) is 22.6 Å². The summed E-state index contributed by atoms with van der Waals surface area (Å²) >= 11 is 5.84. The summed E-state index contributed by atoms with van der Waals surface area (Å²) in [5.74, 6) is -0.380. The summed E-state index contributed by atoms with van der Waals surface area (Å²) in [7, 11) is 0. The van der Waals surface area contributed by atoms with Crippen molar-refractivity contribution in [2.24, 2.45) is 0 Å². The fourth-order valence-electron chi connectivity index (χ4n) is 2.70. The third-order valence-electron chi connectivity index (χ3n) is 3.82. The highest BCUT2D eigenvalue weighted by Crippen LogP contribution is 2.25. The SMILES string of the molecule is CC(=O)N1Cc2ccccc2C[C@H]1C(=O)Oc1cncc(Cl)c1. The van der Waals surface area contributed by atoms with E-state index in [4.69, 9.17) is 16.3 Å². The molecule has 1 atom stereocenters. The van der Waals surface area contributed by atoms with E-state index in [1.54, 1.807) is 0 Å². The number of nitrogens with zero attached hydrogens (tertiary/aromatic N) is 2. The van der Waals surface area contributed by atoms with Crippen LogP contribution in [0.3, 0.4) is 0 Å². The van der Waals surface area contributed by atoms with Crippen molar-refractivity contribution in [1.82, 2.24) is 9.88 Å². The predicted molar refractivity (Wildman–Crippen MR) is 85.0 cm³/mol. The number of rotatable bonds is 2. The van der Waals surface area contributed by atoms with Crippen molar-refractivity contribution < 1.29 is 14.3 Å². The van der Waals surface area contributed by atoms with E-state index in [2.05, 4.69) is 4.98 Å². The van der Waals surface area contributed by atoms with Gasteiger partial charge in [0.2, 0.25) is 5.91 Å². The molecule has 0 saturated heterocycles. The Hall–Kier alpha value is -2.40. The van der Waals surface area contributed by atoms with Crippen molar-refractivity contribution in [3.05, 3.63) is 58.9 Å². The first-order valence-electron chi connectivity index (χ1n) is 7.21. The average Bonchev–Trinajstić information content (AvgIpc) is 2.53. The van der Waals surface area contributed by atoms with Gasteiger partial charge in [-0.2, -0.15) is 0 Å². The molecule has 5 nitrogen and oxygen atoms in total. The number of hydrogen-bond donors (Lipinski definition) is 0. The second kappa shape index (κ2) is 6.38. The van der Waals surface area contributed by atoms with Gasteiger partial charge in [0.15, 0.2) is 5.75 Å². The van der Waals surface area contributed by atoms with E-state index >= 15 is 0 Å². The molecule has 1 aromatic carbocycles. The first-order valence-corrected chi connectivity index (χ1v) is 7.58. The van der Waals surface area contributed by atoms with Gasteiger partial charge in [0.25, 0.3) is 0 Å². The van der Waals surface area contributed by atoms with Crippen molar-refractivity contribution in [3.63, 3.8) is 0 Å². The second-order valence-electron chi connectivity index (χ2n) is 5.40. The van der Waals surface area contributed by atoms with Crippen LogP contribution in [0.2, 0.25) is 5.02 Å². The lowest BCUT2D eigenvalue weighted by Crippen LogP contribution is -2.49. The summed E-state index contributed by atoms with van der Waals surface area (Å²) in [6.45, 7) is 1.86. The Morgan fingerprint density at radius 3 is 2.70 bits per heavy atom. The highest BCUT2D eigenvalue weighted by Gasteiger charge is 2.34. The number of carbonyl (C=O) groups is 2. The molecular formula is C17H15ClN2O3. The van der Waals surface area contributed by atoms with Crippen molar-refractivity contribution >= 4 is 23.5 Å². The minimum absolute atomic E-state index is 0.161. The summed E-state index contributed by atoms with van der Waals surface area (Å²) < 4.78 is 5.35. The maximum Gasteiger partial charge on any atom is 0.334 e. The van der Waals surface area contributed by atoms with Crippen molar-refractivity contribution in [3.8, 4) is 5.75 Å². The standard InChI is InChI=1S/C17H15ClN2O3/c1-11(21)20-10-13-5-3-2-4-12(13)6-16(20)17(22)23-15-7-14(18)8-19-9-15/h2-5,7-9,16H,6,10H2,1H3/t16-/m0/s1. The Morgan fingerprint density at radius 2 is 2.00 bits per heavy atom. The molecule has 23 heavy (non-hydrogen) atoms. The lowest BCUT2D eigenvalue weighted by atomic mass is 9.94.